The molecule has 0 amide bonds. The molecule has 5 aromatic rings. The Morgan fingerprint density at radius 1 is 1.16 bits per heavy atom. The van der Waals surface area contributed by atoms with Gasteiger partial charge in [0, 0.05) is 31.2 Å². The third-order valence-electron chi connectivity index (χ3n) is 4.04. The van der Waals surface area contributed by atoms with Crippen LogP contribution < -0.4 is 0 Å². The zero-order chi connectivity index (χ0) is 16.8. The first kappa shape index (κ1) is 14.2. The van der Waals surface area contributed by atoms with Crippen molar-refractivity contribution in [2.45, 2.75) is 6.42 Å². The summed E-state index contributed by atoms with van der Waals surface area (Å²) in [6.45, 7) is 0. The van der Waals surface area contributed by atoms with Gasteiger partial charge in [0.2, 0.25) is 4.96 Å². The number of fused-ring (bicyclic) bond motifs is 2. The molecule has 0 bridgehead atoms. The SMILES string of the molecule is Cn1cc(-c2nn3c(Cc4ccc5ncccc5c4)nnc3s2)cn1. The van der Waals surface area contributed by atoms with Crippen LogP contribution in [0.5, 0.6) is 0 Å². The molecule has 5 rings (SSSR count). The fourth-order valence-corrected chi connectivity index (χ4v) is 3.67. The van der Waals surface area contributed by atoms with E-state index < -0.39 is 0 Å². The van der Waals surface area contributed by atoms with Crippen molar-refractivity contribution >= 4 is 27.2 Å². The van der Waals surface area contributed by atoms with Crippen LogP contribution in [-0.2, 0) is 13.5 Å². The quantitative estimate of drug-likeness (QED) is 0.502. The summed E-state index contributed by atoms with van der Waals surface area (Å²) >= 11 is 1.51. The van der Waals surface area contributed by atoms with Gasteiger partial charge in [0.25, 0.3) is 0 Å². The molecule has 8 heteroatoms. The van der Waals surface area contributed by atoms with Crippen LogP contribution in [0.2, 0.25) is 0 Å². The van der Waals surface area contributed by atoms with E-state index in [1.165, 1.54) is 11.3 Å². The summed E-state index contributed by atoms with van der Waals surface area (Å²) in [6.07, 6.45) is 6.23. The van der Waals surface area contributed by atoms with Crippen LogP contribution in [0.25, 0.3) is 26.4 Å². The van der Waals surface area contributed by atoms with Gasteiger partial charge in [-0.2, -0.15) is 14.7 Å². The van der Waals surface area contributed by atoms with Gasteiger partial charge >= 0.3 is 0 Å². The summed E-state index contributed by atoms with van der Waals surface area (Å²) < 4.78 is 3.59. The highest BCUT2D eigenvalue weighted by Gasteiger charge is 2.14. The largest absolute Gasteiger partial charge is 0.275 e. The van der Waals surface area contributed by atoms with Gasteiger partial charge in [-0.25, -0.2) is 0 Å². The maximum absolute atomic E-state index is 4.66. The highest BCUT2D eigenvalue weighted by atomic mass is 32.1. The Bertz CT molecular complexity index is 1200. The molecule has 1 aromatic carbocycles. The summed E-state index contributed by atoms with van der Waals surface area (Å²) in [5, 5.41) is 19.4. The number of hydrogen-bond acceptors (Lipinski definition) is 6. The zero-order valence-corrected chi connectivity index (χ0v) is 14.2. The van der Waals surface area contributed by atoms with Crippen LogP contribution in [0.15, 0.2) is 48.9 Å². The molecule has 0 fully saturated rings. The van der Waals surface area contributed by atoms with Gasteiger partial charge in [0.05, 0.1) is 17.3 Å². The van der Waals surface area contributed by atoms with Crippen molar-refractivity contribution in [1.29, 1.82) is 0 Å². The van der Waals surface area contributed by atoms with Gasteiger partial charge in [-0.1, -0.05) is 23.5 Å². The van der Waals surface area contributed by atoms with Crippen molar-refractivity contribution < 1.29 is 0 Å². The number of rotatable bonds is 3. The van der Waals surface area contributed by atoms with Crippen molar-refractivity contribution in [2.75, 3.05) is 0 Å². The highest BCUT2D eigenvalue weighted by Crippen LogP contribution is 2.25. The summed E-state index contributed by atoms with van der Waals surface area (Å²) in [5.74, 6) is 0.824. The van der Waals surface area contributed by atoms with E-state index in [4.69, 9.17) is 0 Å². The Morgan fingerprint density at radius 3 is 3.00 bits per heavy atom. The average Bonchev–Trinajstić information content (AvgIpc) is 3.32. The number of hydrogen-bond donors (Lipinski definition) is 0. The first-order valence-corrected chi connectivity index (χ1v) is 8.62. The van der Waals surface area contributed by atoms with E-state index in [-0.39, 0.29) is 0 Å². The monoisotopic (exact) mass is 347 g/mol. The molecule has 0 atom stereocenters. The Hall–Kier alpha value is -3.13. The third kappa shape index (κ3) is 2.47. The summed E-state index contributed by atoms with van der Waals surface area (Å²) in [5.41, 5.74) is 3.14. The lowest BCUT2D eigenvalue weighted by Crippen LogP contribution is -1.98. The minimum absolute atomic E-state index is 0.669. The standard InChI is InChI=1S/C17H13N7S/c1-23-10-13(9-19-23)16-22-24-15(20-21-17(24)25-16)8-11-4-5-14-12(7-11)3-2-6-18-14/h2-7,9-10H,8H2,1H3. The summed E-state index contributed by atoms with van der Waals surface area (Å²) in [4.78, 5) is 5.14. The second kappa shape index (κ2) is 5.45. The van der Waals surface area contributed by atoms with E-state index in [1.54, 1.807) is 10.9 Å². The molecule has 0 radical (unpaired) electrons. The molecule has 7 nitrogen and oxygen atoms in total. The van der Waals surface area contributed by atoms with E-state index in [2.05, 4.69) is 43.6 Å². The molecule has 25 heavy (non-hydrogen) atoms. The fraction of sp³-hybridized carbons (Fsp3) is 0.118. The van der Waals surface area contributed by atoms with Crippen LogP contribution in [0.3, 0.4) is 0 Å². The van der Waals surface area contributed by atoms with Gasteiger partial charge in [0.15, 0.2) is 10.8 Å². The molecule has 0 spiro atoms. The van der Waals surface area contributed by atoms with E-state index in [0.29, 0.717) is 6.42 Å². The molecular formula is C17H13N7S. The van der Waals surface area contributed by atoms with E-state index in [0.717, 1.165) is 37.8 Å². The third-order valence-corrected chi connectivity index (χ3v) is 4.98. The Morgan fingerprint density at radius 2 is 2.12 bits per heavy atom. The van der Waals surface area contributed by atoms with Crippen molar-refractivity contribution in [3.63, 3.8) is 0 Å². The molecule has 0 aliphatic carbocycles. The molecule has 4 aromatic heterocycles. The van der Waals surface area contributed by atoms with Crippen LogP contribution in [-0.4, -0.2) is 34.6 Å². The second-order valence-corrected chi connectivity index (χ2v) is 6.78. The van der Waals surface area contributed by atoms with Gasteiger partial charge < -0.3 is 0 Å². The topological polar surface area (TPSA) is 73.8 Å². The van der Waals surface area contributed by atoms with E-state index in [9.17, 15) is 0 Å². The Kier molecular flexibility index (Phi) is 3.10. The molecule has 4 heterocycles. The van der Waals surface area contributed by atoms with E-state index >= 15 is 0 Å². The van der Waals surface area contributed by atoms with Crippen LogP contribution >= 0.6 is 11.3 Å². The molecule has 0 saturated heterocycles. The normalized spacial score (nSPS) is 11.6. The number of benzene rings is 1. The molecule has 122 valence electrons. The van der Waals surface area contributed by atoms with Gasteiger partial charge in [-0.3, -0.25) is 9.67 Å². The Labute approximate surface area is 146 Å². The van der Waals surface area contributed by atoms with Crippen LogP contribution in [0.4, 0.5) is 0 Å². The van der Waals surface area contributed by atoms with Crippen molar-refractivity contribution in [3.8, 4) is 10.6 Å². The minimum atomic E-state index is 0.669. The molecular weight excluding hydrogens is 334 g/mol. The molecule has 0 saturated carbocycles. The number of nitrogens with zero attached hydrogens (tertiary/aromatic N) is 7. The smallest absolute Gasteiger partial charge is 0.234 e. The average molecular weight is 347 g/mol. The molecule has 0 N–H and O–H groups in total. The maximum atomic E-state index is 4.66. The van der Waals surface area contributed by atoms with Crippen molar-refractivity contribution in [1.82, 2.24) is 34.6 Å². The first-order chi connectivity index (χ1) is 12.3. The lowest BCUT2D eigenvalue weighted by molar-refractivity contribution is 0.768. The van der Waals surface area contributed by atoms with Crippen LogP contribution in [0.1, 0.15) is 11.4 Å². The lowest BCUT2D eigenvalue weighted by Gasteiger charge is -2.01. The predicted octanol–water partition coefficient (Wildman–Crippen LogP) is 2.73. The first-order valence-electron chi connectivity index (χ1n) is 7.80. The predicted molar refractivity (Wildman–Crippen MR) is 95.4 cm³/mol. The molecule has 0 aliphatic heterocycles. The van der Waals surface area contributed by atoms with Gasteiger partial charge in [0.1, 0.15) is 0 Å². The Balaban J connectivity index is 1.52. The van der Waals surface area contributed by atoms with Gasteiger partial charge in [-0.15, -0.1) is 10.2 Å². The maximum Gasteiger partial charge on any atom is 0.234 e. The number of pyridine rings is 1. The summed E-state index contributed by atoms with van der Waals surface area (Å²) in [6, 6.07) is 10.3. The second-order valence-electron chi connectivity index (χ2n) is 5.83. The molecule has 0 aliphatic rings. The van der Waals surface area contributed by atoms with Crippen molar-refractivity contribution in [3.05, 3.63) is 60.3 Å². The fourth-order valence-electron chi connectivity index (χ4n) is 2.83. The van der Waals surface area contributed by atoms with Crippen molar-refractivity contribution in [2.24, 2.45) is 7.05 Å². The minimum Gasteiger partial charge on any atom is -0.275 e. The highest BCUT2D eigenvalue weighted by molar-refractivity contribution is 7.19. The number of aromatic nitrogens is 7. The van der Waals surface area contributed by atoms with E-state index in [1.807, 2.05) is 36.1 Å². The molecule has 0 unspecified atom stereocenters. The van der Waals surface area contributed by atoms with Gasteiger partial charge in [-0.05, 0) is 23.8 Å². The zero-order valence-electron chi connectivity index (χ0n) is 13.4. The number of aryl methyl sites for hydroxylation is 1. The summed E-state index contributed by atoms with van der Waals surface area (Å²) in [7, 11) is 1.89. The van der Waals surface area contributed by atoms with Crippen LogP contribution in [0, 0.1) is 0 Å². The lowest BCUT2D eigenvalue weighted by atomic mass is 10.1.